The van der Waals surface area contributed by atoms with Gasteiger partial charge in [0.25, 0.3) is 6.71 Å². The lowest BCUT2D eigenvalue weighted by atomic mass is 9.33. The molecule has 19 rings (SSSR count). The van der Waals surface area contributed by atoms with Gasteiger partial charge in [0.15, 0.2) is 0 Å². The van der Waals surface area contributed by atoms with Gasteiger partial charge in [0.1, 0.15) is 0 Å². The number of benzene rings is 11. The van der Waals surface area contributed by atoms with Gasteiger partial charge in [0.05, 0.1) is 21.5 Å². The molecule has 2 fully saturated rings. The average Bonchev–Trinajstić information content (AvgIpc) is 1.52. The maximum atomic E-state index is 2.87. The van der Waals surface area contributed by atoms with Gasteiger partial charge in [0.2, 0.25) is 0 Å². The molecule has 0 spiro atoms. The molecule has 4 atom stereocenters. The van der Waals surface area contributed by atoms with E-state index in [9.17, 15) is 0 Å². The van der Waals surface area contributed by atoms with Crippen LogP contribution in [0.25, 0.3) is 62.6 Å². The topological polar surface area (TPSA) is 13.0 Å². The van der Waals surface area contributed by atoms with Crippen molar-refractivity contribution < 1.29 is 0 Å². The Hall–Kier alpha value is -8.88. The smallest absolute Gasteiger partial charge is 0.252 e. The average molecular weight is 1210 g/mol. The van der Waals surface area contributed by atoms with E-state index < -0.39 is 0 Å². The third-order valence-electron chi connectivity index (χ3n) is 23.6. The molecule has 0 radical (unpaired) electrons. The van der Waals surface area contributed by atoms with Gasteiger partial charge in [-0.3, -0.25) is 0 Å². The predicted octanol–water partition coefficient (Wildman–Crippen LogP) is 21.9. The molecule has 0 N–H and O–H groups in total. The lowest BCUT2D eigenvalue weighted by Gasteiger charge is -2.51. The molecule has 0 bridgehead atoms. The normalized spacial score (nSPS) is 21.9. The molecule has 2 aliphatic carbocycles. The molecule has 0 saturated heterocycles. The van der Waals surface area contributed by atoms with Crippen LogP contribution in [0.4, 0.5) is 56.9 Å². The number of thiophene rings is 2. The summed E-state index contributed by atoms with van der Waals surface area (Å²) in [5.41, 5.74) is 26.9. The maximum absolute atomic E-state index is 2.87. The van der Waals surface area contributed by atoms with Crippen LogP contribution in [0.3, 0.4) is 0 Å². The largest absolute Gasteiger partial charge is 0.334 e. The van der Waals surface area contributed by atoms with Crippen LogP contribution < -0.4 is 36.0 Å². The molecule has 4 unspecified atom stereocenters. The van der Waals surface area contributed by atoms with E-state index in [1.54, 1.807) is 0 Å². The van der Waals surface area contributed by atoms with Crippen LogP contribution in [0.2, 0.25) is 0 Å². The van der Waals surface area contributed by atoms with Gasteiger partial charge in [0, 0.05) is 97.7 Å². The van der Waals surface area contributed by atoms with Crippen LogP contribution in [0.15, 0.2) is 224 Å². The van der Waals surface area contributed by atoms with E-state index in [1.165, 1.54) is 184 Å². The number of hydrogen-bond donors (Lipinski definition) is 0. The van der Waals surface area contributed by atoms with Crippen LogP contribution in [0, 0.1) is 13.8 Å². The van der Waals surface area contributed by atoms with Crippen molar-refractivity contribution in [2.24, 2.45) is 0 Å². The second-order valence-corrected chi connectivity index (χ2v) is 30.4. The monoisotopic (exact) mass is 1210 g/mol. The first-order valence-corrected chi connectivity index (χ1v) is 34.9. The second-order valence-electron chi connectivity index (χ2n) is 28.3. The van der Waals surface area contributed by atoms with Crippen LogP contribution in [0.1, 0.15) is 101 Å². The molecule has 91 heavy (non-hydrogen) atoms. The van der Waals surface area contributed by atoms with Crippen molar-refractivity contribution in [1.82, 2.24) is 0 Å². The summed E-state index contributed by atoms with van der Waals surface area (Å²) in [7, 11) is 0. The van der Waals surface area contributed by atoms with Crippen LogP contribution in [-0.2, 0) is 10.8 Å². The molecule has 11 aromatic carbocycles. The highest BCUT2D eigenvalue weighted by Gasteiger charge is 2.60. The zero-order valence-corrected chi connectivity index (χ0v) is 54.3. The Morgan fingerprint density at radius 2 is 0.945 bits per heavy atom. The van der Waals surface area contributed by atoms with Crippen molar-refractivity contribution in [2.75, 3.05) is 19.6 Å². The van der Waals surface area contributed by atoms with Gasteiger partial charge in [-0.05, 0) is 199 Å². The maximum Gasteiger partial charge on any atom is 0.252 e. The summed E-state index contributed by atoms with van der Waals surface area (Å²) in [6, 6.07) is 87.6. The summed E-state index contributed by atoms with van der Waals surface area (Å²) in [6.07, 6.45) is 9.42. The standard InChI is InChI=1S/C84H71BN4S2/c1-52-44-53(2)78-72(45-52)89(84(6)43-20-18-41-82(78,84)4)60-50-73-79-74(51-60)87(70-29-21-28-63-61-26-13-16-31-76(61)91-80(63)70)71-49-59(88-68-37-32-56(54-22-9-7-10-23-54)46-65(68)81(3)40-17-19-42-83(81,88)5)34-36-66(71)85(79)67-47-57(55-24-11-8-12-25-55)33-38-69(67)86(73)58-35-39-77-64(48-58)62-27-14-15-30-75(62)90-77/h7-16,21-39,44-51H,17-20,40-43H2,1-6H3. The van der Waals surface area contributed by atoms with Gasteiger partial charge < -0.3 is 19.6 Å². The third-order valence-corrected chi connectivity index (χ3v) is 26.0. The summed E-state index contributed by atoms with van der Waals surface area (Å²) in [4.78, 5) is 11.1. The highest BCUT2D eigenvalue weighted by atomic mass is 32.1. The van der Waals surface area contributed by atoms with E-state index in [4.69, 9.17) is 0 Å². The highest BCUT2D eigenvalue weighted by Crippen LogP contribution is 2.65. The predicted molar refractivity (Wildman–Crippen MR) is 392 cm³/mol. The van der Waals surface area contributed by atoms with E-state index >= 15 is 0 Å². The Labute approximate surface area is 542 Å². The molecule has 2 saturated carbocycles. The first kappa shape index (κ1) is 53.9. The molecule has 4 nitrogen and oxygen atoms in total. The van der Waals surface area contributed by atoms with Gasteiger partial charge in [-0.15, -0.1) is 22.7 Å². The van der Waals surface area contributed by atoms with Crippen molar-refractivity contribution in [3.63, 3.8) is 0 Å². The van der Waals surface area contributed by atoms with Crippen molar-refractivity contribution in [3.8, 4) is 22.3 Å². The van der Waals surface area contributed by atoms with Gasteiger partial charge >= 0.3 is 0 Å². The number of hydrogen-bond acceptors (Lipinski definition) is 6. The van der Waals surface area contributed by atoms with E-state index in [2.05, 4.69) is 286 Å². The number of nitrogens with zero attached hydrogens (tertiary/aromatic N) is 4. The molecule has 4 aliphatic heterocycles. The summed E-state index contributed by atoms with van der Waals surface area (Å²) in [6.45, 7) is 15.0. The lowest BCUT2D eigenvalue weighted by Crippen LogP contribution is -2.61. The second kappa shape index (κ2) is 19.3. The minimum Gasteiger partial charge on any atom is -0.334 e. The molecular formula is C84H71BN4S2. The highest BCUT2D eigenvalue weighted by molar-refractivity contribution is 7.26. The Kier molecular flexibility index (Phi) is 11.5. The van der Waals surface area contributed by atoms with Crippen LogP contribution >= 0.6 is 22.7 Å². The molecule has 0 amide bonds. The summed E-state index contributed by atoms with van der Waals surface area (Å²) >= 11 is 3.84. The number of aryl methyl sites for hydroxylation is 2. The molecule has 2 aromatic heterocycles. The van der Waals surface area contributed by atoms with Crippen molar-refractivity contribution in [1.29, 1.82) is 0 Å². The first-order chi connectivity index (χ1) is 44.4. The van der Waals surface area contributed by atoms with Crippen molar-refractivity contribution >= 4 is 143 Å². The van der Waals surface area contributed by atoms with E-state index in [-0.39, 0.29) is 28.6 Å². The molecule has 442 valence electrons. The molecule has 6 heterocycles. The van der Waals surface area contributed by atoms with E-state index in [0.717, 1.165) is 25.7 Å². The Morgan fingerprint density at radius 3 is 1.69 bits per heavy atom. The van der Waals surface area contributed by atoms with Gasteiger partial charge in [-0.25, -0.2) is 0 Å². The lowest BCUT2D eigenvalue weighted by molar-refractivity contribution is 0.194. The van der Waals surface area contributed by atoms with Crippen LogP contribution in [0.5, 0.6) is 0 Å². The Bertz CT molecular complexity index is 5240. The quantitative estimate of drug-likeness (QED) is 0.154. The number of anilines is 10. The summed E-state index contributed by atoms with van der Waals surface area (Å²) in [5.74, 6) is 0. The van der Waals surface area contributed by atoms with Crippen LogP contribution in [-0.4, -0.2) is 17.8 Å². The van der Waals surface area contributed by atoms with E-state index in [1.807, 2.05) is 22.7 Å². The van der Waals surface area contributed by atoms with Gasteiger partial charge in [-0.1, -0.05) is 179 Å². The van der Waals surface area contributed by atoms with Gasteiger partial charge in [-0.2, -0.15) is 0 Å². The zero-order valence-electron chi connectivity index (χ0n) is 52.7. The van der Waals surface area contributed by atoms with Crippen molar-refractivity contribution in [3.05, 3.63) is 247 Å². The minimum absolute atomic E-state index is 0.0549. The fourth-order valence-electron chi connectivity index (χ4n) is 19.1. The van der Waals surface area contributed by atoms with Crippen molar-refractivity contribution in [2.45, 2.75) is 115 Å². The minimum atomic E-state index is -0.190. The summed E-state index contributed by atoms with van der Waals surface area (Å²) < 4.78 is 5.25. The Morgan fingerprint density at radius 1 is 0.363 bits per heavy atom. The molecule has 6 aliphatic rings. The zero-order chi connectivity index (χ0) is 60.9. The Balaban J connectivity index is 0.937. The molecular weight excluding hydrogens is 1140 g/mol. The fourth-order valence-corrected chi connectivity index (χ4v) is 21.4. The summed E-state index contributed by atoms with van der Waals surface area (Å²) in [5, 5.41) is 5.23. The molecule has 13 aromatic rings. The number of rotatable bonds is 6. The number of fused-ring (bicyclic) bond motifs is 16. The fraction of sp³-hybridized carbons (Fsp3) is 0.214. The SMILES string of the molecule is Cc1cc(C)c2c(c1)N(c1cc3c4c(c1)N(c1cccc5c1sc1ccccc15)c1cc(N5c6ccc(-c7ccccc7)cc6C6(C)CCCCC56C)ccc1B4c1cc(-c4ccccc4)ccc1N3c1ccc3sc4ccccc4c3c1)C1(C)CCCCC21C. The third kappa shape index (κ3) is 7.34. The first-order valence-electron chi connectivity index (χ1n) is 33.3. The van der Waals surface area contributed by atoms with E-state index in [0.29, 0.717) is 0 Å². The molecule has 7 heteroatoms.